The Bertz CT molecular complexity index is 804. The van der Waals surface area contributed by atoms with Gasteiger partial charge in [-0.3, -0.25) is 10.1 Å². The highest BCUT2D eigenvalue weighted by molar-refractivity contribution is 8.14. The number of aliphatic imine (C=N–C) groups is 1. The standard InChI is InChI=1S/C18H21N3O2S/c1-12(2)10-13-11-24-18(20(13)3)19-16-8-9-17(21(22)23)15-7-5-4-6-14(15)16/h4-9,12-13H,10-11H2,1-3H3/t13-/m0/s1. The number of nitrogens with zero attached hydrogens (tertiary/aromatic N) is 3. The number of non-ortho nitro benzene ring substituents is 1. The zero-order valence-electron chi connectivity index (χ0n) is 14.1. The van der Waals surface area contributed by atoms with Gasteiger partial charge in [-0.1, -0.05) is 43.8 Å². The molecule has 24 heavy (non-hydrogen) atoms. The Hall–Kier alpha value is -2.08. The summed E-state index contributed by atoms with van der Waals surface area (Å²) in [4.78, 5) is 17.9. The Balaban J connectivity index is 1.99. The van der Waals surface area contributed by atoms with Crippen LogP contribution in [0, 0.1) is 16.0 Å². The fourth-order valence-electron chi connectivity index (χ4n) is 3.05. The largest absolute Gasteiger partial charge is 0.350 e. The molecule has 1 atom stereocenters. The SMILES string of the molecule is CC(C)C[C@H]1CSC(=Nc2ccc([N+](=O)[O-])c3ccccc23)N1C. The third-order valence-corrected chi connectivity index (χ3v) is 5.48. The summed E-state index contributed by atoms with van der Waals surface area (Å²) in [6.07, 6.45) is 1.14. The molecule has 6 heteroatoms. The van der Waals surface area contributed by atoms with Gasteiger partial charge in [0.2, 0.25) is 0 Å². The normalized spacial score (nSPS) is 19.6. The third kappa shape index (κ3) is 3.24. The molecule has 0 radical (unpaired) electrons. The summed E-state index contributed by atoms with van der Waals surface area (Å²) in [5.41, 5.74) is 0.912. The number of benzene rings is 2. The van der Waals surface area contributed by atoms with Gasteiger partial charge >= 0.3 is 0 Å². The highest BCUT2D eigenvalue weighted by Crippen LogP contribution is 2.35. The highest BCUT2D eigenvalue weighted by Gasteiger charge is 2.27. The van der Waals surface area contributed by atoms with Crippen LogP contribution in [0.2, 0.25) is 0 Å². The number of thioether (sulfide) groups is 1. The smallest absolute Gasteiger partial charge is 0.277 e. The van der Waals surface area contributed by atoms with Crippen LogP contribution < -0.4 is 0 Å². The fraction of sp³-hybridized carbons (Fsp3) is 0.389. The van der Waals surface area contributed by atoms with Crippen LogP contribution in [-0.2, 0) is 0 Å². The number of hydrogen-bond acceptors (Lipinski definition) is 4. The Morgan fingerprint density at radius 2 is 2.00 bits per heavy atom. The van der Waals surface area contributed by atoms with Gasteiger partial charge in [-0.25, -0.2) is 4.99 Å². The molecule has 0 aromatic heterocycles. The van der Waals surface area contributed by atoms with Gasteiger partial charge in [-0.15, -0.1) is 0 Å². The maximum atomic E-state index is 11.2. The monoisotopic (exact) mass is 343 g/mol. The summed E-state index contributed by atoms with van der Waals surface area (Å²) < 4.78 is 0. The van der Waals surface area contributed by atoms with E-state index in [1.807, 2.05) is 18.2 Å². The number of hydrogen-bond donors (Lipinski definition) is 0. The number of nitro benzene ring substituents is 1. The van der Waals surface area contributed by atoms with E-state index in [9.17, 15) is 10.1 Å². The molecule has 1 aliphatic heterocycles. The molecule has 1 aliphatic rings. The number of rotatable bonds is 4. The molecule has 2 aromatic carbocycles. The summed E-state index contributed by atoms with van der Waals surface area (Å²) in [6, 6.07) is 11.2. The quantitative estimate of drug-likeness (QED) is 0.589. The van der Waals surface area contributed by atoms with E-state index in [1.54, 1.807) is 30.0 Å². The second-order valence-electron chi connectivity index (χ2n) is 6.51. The molecule has 0 unspecified atom stereocenters. The van der Waals surface area contributed by atoms with Crippen molar-refractivity contribution in [2.75, 3.05) is 12.8 Å². The Morgan fingerprint density at radius 3 is 2.67 bits per heavy atom. The van der Waals surface area contributed by atoms with Crippen LogP contribution in [-0.4, -0.2) is 33.8 Å². The first-order valence-electron chi connectivity index (χ1n) is 8.08. The minimum absolute atomic E-state index is 0.125. The number of amidine groups is 1. The van der Waals surface area contributed by atoms with Gasteiger partial charge in [0.15, 0.2) is 5.17 Å². The molecule has 1 saturated heterocycles. The van der Waals surface area contributed by atoms with Gasteiger partial charge in [0.05, 0.1) is 16.0 Å². The average Bonchev–Trinajstić information content (AvgIpc) is 2.87. The van der Waals surface area contributed by atoms with Gasteiger partial charge in [0.1, 0.15) is 0 Å². The lowest BCUT2D eigenvalue weighted by Crippen LogP contribution is -2.30. The molecule has 126 valence electrons. The van der Waals surface area contributed by atoms with Crippen molar-refractivity contribution < 1.29 is 4.92 Å². The first-order valence-corrected chi connectivity index (χ1v) is 9.06. The van der Waals surface area contributed by atoms with E-state index >= 15 is 0 Å². The summed E-state index contributed by atoms with van der Waals surface area (Å²) >= 11 is 1.76. The van der Waals surface area contributed by atoms with E-state index in [2.05, 4.69) is 25.8 Å². The lowest BCUT2D eigenvalue weighted by Gasteiger charge is -2.22. The van der Waals surface area contributed by atoms with E-state index in [0.29, 0.717) is 17.3 Å². The van der Waals surface area contributed by atoms with Gasteiger partial charge < -0.3 is 4.90 Å². The fourth-order valence-corrected chi connectivity index (χ4v) is 4.27. The number of nitro groups is 1. The van der Waals surface area contributed by atoms with Crippen LogP contribution in [0.15, 0.2) is 41.4 Å². The predicted octanol–water partition coefficient (Wildman–Crippen LogP) is 4.83. The van der Waals surface area contributed by atoms with Crippen molar-refractivity contribution in [2.24, 2.45) is 10.9 Å². The number of fused-ring (bicyclic) bond motifs is 1. The van der Waals surface area contributed by atoms with E-state index in [-0.39, 0.29) is 10.6 Å². The lowest BCUT2D eigenvalue weighted by molar-refractivity contribution is -0.383. The molecule has 0 saturated carbocycles. The summed E-state index contributed by atoms with van der Waals surface area (Å²) in [5.74, 6) is 1.69. The molecule has 5 nitrogen and oxygen atoms in total. The molecule has 3 rings (SSSR count). The molecule has 1 heterocycles. The Labute approximate surface area is 145 Å². The van der Waals surface area contributed by atoms with Crippen LogP contribution in [0.25, 0.3) is 10.8 Å². The van der Waals surface area contributed by atoms with Crippen LogP contribution in [0.3, 0.4) is 0 Å². The van der Waals surface area contributed by atoms with E-state index in [1.165, 1.54) is 0 Å². The molecule has 0 N–H and O–H groups in total. The zero-order chi connectivity index (χ0) is 17.3. The minimum atomic E-state index is -0.339. The summed E-state index contributed by atoms with van der Waals surface area (Å²) in [6.45, 7) is 4.47. The van der Waals surface area contributed by atoms with Crippen LogP contribution in [0.5, 0.6) is 0 Å². The summed E-state index contributed by atoms with van der Waals surface area (Å²) in [7, 11) is 2.08. The van der Waals surface area contributed by atoms with Crippen molar-refractivity contribution in [2.45, 2.75) is 26.3 Å². The topological polar surface area (TPSA) is 58.7 Å². The summed E-state index contributed by atoms with van der Waals surface area (Å²) in [5, 5.41) is 13.7. The van der Waals surface area contributed by atoms with Crippen LogP contribution in [0.1, 0.15) is 20.3 Å². The van der Waals surface area contributed by atoms with Crippen molar-refractivity contribution in [3.05, 3.63) is 46.5 Å². The first-order chi connectivity index (χ1) is 11.5. The molecular weight excluding hydrogens is 322 g/mol. The minimum Gasteiger partial charge on any atom is -0.350 e. The van der Waals surface area contributed by atoms with Crippen molar-refractivity contribution in [1.82, 2.24) is 4.90 Å². The highest BCUT2D eigenvalue weighted by atomic mass is 32.2. The van der Waals surface area contributed by atoms with Gasteiger partial charge in [-0.05, 0) is 24.5 Å². The average molecular weight is 343 g/mol. The molecule has 0 amide bonds. The second kappa shape index (κ2) is 6.81. The van der Waals surface area contributed by atoms with Gasteiger partial charge in [0, 0.05) is 30.3 Å². The van der Waals surface area contributed by atoms with Crippen LogP contribution >= 0.6 is 11.8 Å². The molecule has 2 aromatic rings. The van der Waals surface area contributed by atoms with Crippen molar-refractivity contribution in [3.8, 4) is 0 Å². The molecule has 0 aliphatic carbocycles. The molecule has 0 spiro atoms. The second-order valence-corrected chi connectivity index (χ2v) is 7.49. The van der Waals surface area contributed by atoms with Gasteiger partial charge in [0.25, 0.3) is 5.69 Å². The van der Waals surface area contributed by atoms with Crippen LogP contribution in [0.4, 0.5) is 11.4 Å². The van der Waals surface area contributed by atoms with Gasteiger partial charge in [-0.2, -0.15) is 0 Å². The first kappa shape index (κ1) is 16.8. The third-order valence-electron chi connectivity index (χ3n) is 4.29. The zero-order valence-corrected chi connectivity index (χ0v) is 14.9. The van der Waals surface area contributed by atoms with Crippen molar-refractivity contribution in [3.63, 3.8) is 0 Å². The molecule has 1 fully saturated rings. The lowest BCUT2D eigenvalue weighted by atomic mass is 10.0. The Morgan fingerprint density at radius 1 is 1.29 bits per heavy atom. The maximum Gasteiger partial charge on any atom is 0.277 e. The van der Waals surface area contributed by atoms with Crippen molar-refractivity contribution in [1.29, 1.82) is 0 Å². The molecule has 0 bridgehead atoms. The Kier molecular flexibility index (Phi) is 4.76. The van der Waals surface area contributed by atoms with Crippen molar-refractivity contribution >= 4 is 39.1 Å². The van der Waals surface area contributed by atoms with E-state index in [4.69, 9.17) is 4.99 Å². The molecular formula is C18H21N3O2S. The predicted molar refractivity (Wildman–Crippen MR) is 101 cm³/mol. The van der Waals surface area contributed by atoms with E-state index < -0.39 is 0 Å². The van der Waals surface area contributed by atoms with E-state index in [0.717, 1.165) is 28.4 Å². The maximum absolute atomic E-state index is 11.2.